The SMILES string of the molecule is C=C/C=C(\C=C/C)C1=CC(C(C)/C=C\C(=CC)OCC2CCCN(C)C2)N(C(=O)CCC)CC1. The minimum absolute atomic E-state index is 0.0302. The molecular formula is C30H46N2O2. The third-order valence-electron chi connectivity index (χ3n) is 6.75. The van der Waals surface area contributed by atoms with Crippen molar-refractivity contribution in [3.05, 3.63) is 72.1 Å². The Morgan fingerprint density at radius 1 is 1.29 bits per heavy atom. The number of carbonyl (C=O) groups excluding carboxylic acids is 1. The number of rotatable bonds is 11. The summed E-state index contributed by atoms with van der Waals surface area (Å²) in [6, 6.07) is 0.0302. The topological polar surface area (TPSA) is 32.8 Å². The van der Waals surface area contributed by atoms with Crippen LogP contribution < -0.4 is 0 Å². The summed E-state index contributed by atoms with van der Waals surface area (Å²) in [6.45, 7) is 16.0. The normalized spacial score (nSPS) is 23.9. The van der Waals surface area contributed by atoms with Gasteiger partial charge in [0.15, 0.2) is 0 Å². The molecule has 3 unspecified atom stereocenters. The lowest BCUT2D eigenvalue weighted by atomic mass is 9.88. The summed E-state index contributed by atoms with van der Waals surface area (Å²) in [5.41, 5.74) is 2.46. The van der Waals surface area contributed by atoms with Crippen LogP contribution in [-0.4, -0.2) is 55.0 Å². The van der Waals surface area contributed by atoms with Crippen molar-refractivity contribution in [1.29, 1.82) is 0 Å². The van der Waals surface area contributed by atoms with Crippen LogP contribution in [0.4, 0.5) is 0 Å². The minimum atomic E-state index is 0.0302. The summed E-state index contributed by atoms with van der Waals surface area (Å²) in [5.74, 6) is 1.92. The van der Waals surface area contributed by atoms with Crippen LogP contribution in [0.2, 0.25) is 0 Å². The van der Waals surface area contributed by atoms with E-state index in [2.05, 4.69) is 73.7 Å². The van der Waals surface area contributed by atoms with Crippen LogP contribution >= 0.6 is 0 Å². The molecule has 1 saturated heterocycles. The average molecular weight is 467 g/mol. The zero-order valence-corrected chi connectivity index (χ0v) is 22.1. The van der Waals surface area contributed by atoms with Gasteiger partial charge in [-0.15, -0.1) is 0 Å². The zero-order valence-electron chi connectivity index (χ0n) is 22.1. The van der Waals surface area contributed by atoms with Gasteiger partial charge >= 0.3 is 0 Å². The van der Waals surface area contributed by atoms with Crippen molar-refractivity contribution in [2.45, 2.75) is 65.8 Å². The maximum atomic E-state index is 12.9. The van der Waals surface area contributed by atoms with E-state index in [4.69, 9.17) is 4.74 Å². The van der Waals surface area contributed by atoms with Crippen LogP contribution in [0.15, 0.2) is 72.1 Å². The highest BCUT2D eigenvalue weighted by atomic mass is 16.5. The van der Waals surface area contributed by atoms with Crippen molar-refractivity contribution in [2.75, 3.05) is 33.3 Å². The molecule has 188 valence electrons. The van der Waals surface area contributed by atoms with E-state index in [0.717, 1.165) is 38.3 Å². The van der Waals surface area contributed by atoms with Crippen molar-refractivity contribution in [3.63, 3.8) is 0 Å². The van der Waals surface area contributed by atoms with E-state index in [1.54, 1.807) is 0 Å². The van der Waals surface area contributed by atoms with E-state index in [-0.39, 0.29) is 17.9 Å². The Bertz CT molecular complexity index is 818. The molecule has 1 amide bonds. The number of ether oxygens (including phenoxy) is 1. The number of likely N-dealkylation sites (tertiary alicyclic amines) is 1. The van der Waals surface area contributed by atoms with E-state index < -0.39 is 0 Å². The molecule has 2 aliphatic rings. The number of hydrogen-bond donors (Lipinski definition) is 0. The summed E-state index contributed by atoms with van der Waals surface area (Å²) in [4.78, 5) is 17.4. The lowest BCUT2D eigenvalue weighted by Gasteiger charge is -2.37. The molecule has 34 heavy (non-hydrogen) atoms. The second-order valence-electron chi connectivity index (χ2n) is 9.62. The second-order valence-corrected chi connectivity index (χ2v) is 9.62. The molecule has 0 aromatic rings. The van der Waals surface area contributed by atoms with Gasteiger partial charge in [-0.3, -0.25) is 4.79 Å². The van der Waals surface area contributed by atoms with Gasteiger partial charge in [-0.25, -0.2) is 0 Å². The molecule has 0 saturated carbocycles. The molecule has 0 spiro atoms. The highest BCUT2D eigenvalue weighted by Gasteiger charge is 2.29. The first kappa shape index (κ1) is 27.9. The summed E-state index contributed by atoms with van der Waals surface area (Å²) in [7, 11) is 2.19. The van der Waals surface area contributed by atoms with Crippen LogP contribution in [0, 0.1) is 11.8 Å². The third-order valence-corrected chi connectivity index (χ3v) is 6.75. The van der Waals surface area contributed by atoms with Gasteiger partial charge < -0.3 is 14.5 Å². The molecule has 4 nitrogen and oxygen atoms in total. The highest BCUT2D eigenvalue weighted by molar-refractivity contribution is 5.77. The lowest BCUT2D eigenvalue weighted by molar-refractivity contribution is -0.133. The summed E-state index contributed by atoms with van der Waals surface area (Å²) in [5, 5.41) is 0. The van der Waals surface area contributed by atoms with Crippen LogP contribution in [-0.2, 0) is 9.53 Å². The Morgan fingerprint density at radius 3 is 2.74 bits per heavy atom. The predicted octanol–water partition coefficient (Wildman–Crippen LogP) is 6.46. The smallest absolute Gasteiger partial charge is 0.223 e. The largest absolute Gasteiger partial charge is 0.494 e. The Balaban J connectivity index is 2.16. The van der Waals surface area contributed by atoms with Crippen molar-refractivity contribution < 1.29 is 9.53 Å². The fourth-order valence-electron chi connectivity index (χ4n) is 4.88. The van der Waals surface area contributed by atoms with Gasteiger partial charge in [0.2, 0.25) is 5.91 Å². The Hall–Kier alpha value is -2.33. The predicted molar refractivity (Wildman–Crippen MR) is 144 cm³/mol. The molecule has 4 heteroatoms. The van der Waals surface area contributed by atoms with Gasteiger partial charge in [0.25, 0.3) is 0 Å². The molecule has 2 rings (SSSR count). The molecule has 0 aromatic carbocycles. The van der Waals surface area contributed by atoms with Gasteiger partial charge in [-0.2, -0.15) is 0 Å². The Morgan fingerprint density at radius 2 is 2.09 bits per heavy atom. The first-order valence-electron chi connectivity index (χ1n) is 13.0. The monoisotopic (exact) mass is 466 g/mol. The number of amides is 1. The molecule has 0 radical (unpaired) electrons. The number of hydrogen-bond acceptors (Lipinski definition) is 3. The standard InChI is InChI=1S/C30H46N2O2/c1-7-12-26(13-8-2)27-18-20-32(30(33)14-9-3)29(21-27)24(5)16-17-28(10-4)34-23-25-15-11-19-31(6)22-25/h7-8,10,12-13,16-17,21,24-25,29H,1,9,11,14-15,18-20,22-23H2,2-6H3/b13-8-,17-16-,26-12+,28-10?. The van der Waals surface area contributed by atoms with E-state index in [0.29, 0.717) is 12.3 Å². The van der Waals surface area contributed by atoms with Crippen LogP contribution in [0.5, 0.6) is 0 Å². The first-order chi connectivity index (χ1) is 16.4. The van der Waals surface area contributed by atoms with Gasteiger partial charge in [0.1, 0.15) is 5.76 Å². The number of carbonyl (C=O) groups is 1. The van der Waals surface area contributed by atoms with Crippen LogP contribution in [0.25, 0.3) is 0 Å². The molecule has 2 aliphatic heterocycles. The Labute approximate surface area is 208 Å². The van der Waals surface area contributed by atoms with Crippen molar-refractivity contribution in [2.24, 2.45) is 11.8 Å². The maximum Gasteiger partial charge on any atom is 0.223 e. The summed E-state index contributed by atoms with van der Waals surface area (Å²) < 4.78 is 6.18. The molecule has 2 heterocycles. The maximum absolute atomic E-state index is 12.9. The number of piperidine rings is 1. The highest BCUT2D eigenvalue weighted by Crippen LogP contribution is 2.29. The Kier molecular flexibility index (Phi) is 12.2. The third kappa shape index (κ3) is 8.47. The fraction of sp³-hybridized carbons (Fsp3) is 0.567. The van der Waals surface area contributed by atoms with Gasteiger partial charge in [-0.1, -0.05) is 56.9 Å². The molecule has 0 bridgehead atoms. The second kappa shape index (κ2) is 14.8. The van der Waals surface area contributed by atoms with E-state index in [9.17, 15) is 4.79 Å². The summed E-state index contributed by atoms with van der Waals surface area (Å²) in [6.07, 6.45) is 21.5. The first-order valence-corrected chi connectivity index (χ1v) is 13.0. The zero-order chi connectivity index (χ0) is 24.9. The average Bonchev–Trinajstić information content (AvgIpc) is 2.83. The molecule has 0 N–H and O–H groups in total. The van der Waals surface area contributed by atoms with Crippen molar-refractivity contribution in [3.8, 4) is 0 Å². The van der Waals surface area contributed by atoms with E-state index in [1.165, 1.54) is 30.5 Å². The van der Waals surface area contributed by atoms with Crippen LogP contribution in [0.1, 0.15) is 59.8 Å². The minimum Gasteiger partial charge on any atom is -0.494 e. The van der Waals surface area contributed by atoms with Gasteiger partial charge in [-0.05, 0) is 82.3 Å². The van der Waals surface area contributed by atoms with Gasteiger partial charge in [0.05, 0.1) is 12.6 Å². The van der Waals surface area contributed by atoms with E-state index >= 15 is 0 Å². The molecule has 1 fully saturated rings. The fourth-order valence-corrected chi connectivity index (χ4v) is 4.88. The lowest BCUT2D eigenvalue weighted by Crippen LogP contribution is -2.45. The summed E-state index contributed by atoms with van der Waals surface area (Å²) >= 11 is 0. The number of nitrogens with zero attached hydrogens (tertiary/aromatic N) is 2. The molecule has 0 aliphatic carbocycles. The number of allylic oxidation sites excluding steroid dienone is 7. The van der Waals surface area contributed by atoms with Gasteiger partial charge in [0, 0.05) is 25.4 Å². The van der Waals surface area contributed by atoms with Crippen LogP contribution in [0.3, 0.4) is 0 Å². The van der Waals surface area contributed by atoms with Crippen molar-refractivity contribution in [1.82, 2.24) is 9.80 Å². The van der Waals surface area contributed by atoms with E-state index in [1.807, 2.05) is 26.0 Å². The van der Waals surface area contributed by atoms with Crippen molar-refractivity contribution >= 4 is 5.91 Å². The molecule has 0 aromatic heterocycles. The molecule has 3 atom stereocenters. The molecular weight excluding hydrogens is 420 g/mol. The quantitative estimate of drug-likeness (QED) is 0.259.